The van der Waals surface area contributed by atoms with Crippen LogP contribution in [0.2, 0.25) is 0 Å². The zero-order valence-electron chi connectivity index (χ0n) is 12.9. The highest BCUT2D eigenvalue weighted by Gasteiger charge is 2.10. The molecule has 0 saturated carbocycles. The Kier molecular flexibility index (Phi) is 5.62. The van der Waals surface area contributed by atoms with E-state index in [0.717, 1.165) is 11.6 Å². The lowest BCUT2D eigenvalue weighted by atomic mass is 10.2. The summed E-state index contributed by atoms with van der Waals surface area (Å²) in [5, 5.41) is 0.723. The summed E-state index contributed by atoms with van der Waals surface area (Å²) in [6, 6.07) is 6.29. The first-order valence-corrected chi connectivity index (χ1v) is 8.88. The van der Waals surface area contributed by atoms with E-state index in [9.17, 15) is 13.2 Å². The monoisotopic (exact) mass is 342 g/mol. The van der Waals surface area contributed by atoms with Crippen molar-refractivity contribution in [1.29, 1.82) is 0 Å². The highest BCUT2D eigenvalue weighted by molar-refractivity contribution is 7.85. The predicted molar refractivity (Wildman–Crippen MR) is 84.6 cm³/mol. The number of hydrogen-bond acceptors (Lipinski definition) is 7. The molecular weight excluding hydrogens is 324 g/mol. The van der Waals surface area contributed by atoms with E-state index >= 15 is 0 Å². The normalized spacial score (nSPS) is 11.6. The first kappa shape index (κ1) is 17.3. The van der Waals surface area contributed by atoms with Gasteiger partial charge in [0.15, 0.2) is 11.5 Å². The Hall–Kier alpha value is -2.06. The molecule has 0 fully saturated rings. The molecule has 0 bridgehead atoms. The molecule has 0 amide bonds. The van der Waals surface area contributed by atoms with Crippen LogP contribution in [0.5, 0.6) is 11.5 Å². The van der Waals surface area contributed by atoms with Gasteiger partial charge in [-0.1, -0.05) is 0 Å². The molecule has 0 N–H and O–H groups in total. The van der Waals surface area contributed by atoms with Crippen molar-refractivity contribution < 1.29 is 26.5 Å². The molecule has 0 atom stereocenters. The first-order chi connectivity index (χ1) is 10.9. The zero-order chi connectivity index (χ0) is 16.9. The van der Waals surface area contributed by atoms with Crippen LogP contribution in [0.15, 0.2) is 33.5 Å². The summed E-state index contributed by atoms with van der Waals surface area (Å²) in [6.07, 6.45) is 1.38. The molecule has 0 aliphatic rings. The van der Waals surface area contributed by atoms with Crippen molar-refractivity contribution in [1.82, 2.24) is 0 Å². The van der Waals surface area contributed by atoms with E-state index in [4.69, 9.17) is 13.9 Å². The topological polar surface area (TPSA) is 92.0 Å². The van der Waals surface area contributed by atoms with Gasteiger partial charge in [0.1, 0.15) is 5.58 Å². The number of hydrogen-bond donors (Lipinski definition) is 0. The molecule has 23 heavy (non-hydrogen) atoms. The van der Waals surface area contributed by atoms with E-state index in [1.165, 1.54) is 6.07 Å². The summed E-state index contributed by atoms with van der Waals surface area (Å²) in [4.78, 5) is 11.3. The van der Waals surface area contributed by atoms with Crippen LogP contribution in [0, 0.1) is 0 Å². The highest BCUT2D eigenvalue weighted by Crippen LogP contribution is 2.32. The third-order valence-electron chi connectivity index (χ3n) is 2.83. The Balaban J connectivity index is 2.10. The van der Waals surface area contributed by atoms with Crippen LogP contribution in [0.25, 0.3) is 11.0 Å². The smallest absolute Gasteiger partial charge is 0.336 e. The van der Waals surface area contributed by atoms with Crippen molar-refractivity contribution in [3.05, 3.63) is 34.7 Å². The molecule has 0 spiro atoms. The largest absolute Gasteiger partial charge is 0.490 e. The average Bonchev–Trinajstić information content (AvgIpc) is 2.46. The second-order valence-electron chi connectivity index (χ2n) is 4.75. The zero-order valence-corrected chi connectivity index (χ0v) is 13.7. The van der Waals surface area contributed by atoms with Crippen molar-refractivity contribution in [2.24, 2.45) is 0 Å². The molecular formula is C15H18O7S. The molecule has 0 aliphatic carbocycles. The summed E-state index contributed by atoms with van der Waals surface area (Å²) in [6.45, 7) is 2.57. The molecule has 1 heterocycles. The van der Waals surface area contributed by atoms with Gasteiger partial charge in [-0.15, -0.1) is 0 Å². The predicted octanol–water partition coefficient (Wildman–Crippen LogP) is 1.94. The van der Waals surface area contributed by atoms with Gasteiger partial charge in [0.25, 0.3) is 10.1 Å². The van der Waals surface area contributed by atoms with Crippen LogP contribution in [-0.2, 0) is 14.3 Å². The molecule has 1 aromatic carbocycles. The number of fused-ring (bicyclic) bond motifs is 1. The van der Waals surface area contributed by atoms with Crippen LogP contribution in [0.3, 0.4) is 0 Å². The van der Waals surface area contributed by atoms with Crippen molar-refractivity contribution in [3.63, 3.8) is 0 Å². The molecule has 7 nitrogen and oxygen atoms in total. The van der Waals surface area contributed by atoms with Crippen LogP contribution in [0.1, 0.15) is 13.3 Å². The minimum Gasteiger partial charge on any atom is -0.490 e. The summed E-state index contributed by atoms with van der Waals surface area (Å²) in [5.74, 6) is 0.950. The maximum absolute atomic E-state index is 11.3. The van der Waals surface area contributed by atoms with E-state index in [0.29, 0.717) is 30.1 Å². The number of rotatable bonds is 8. The molecule has 0 unspecified atom stereocenters. The third kappa shape index (κ3) is 5.26. The van der Waals surface area contributed by atoms with Gasteiger partial charge in [0.2, 0.25) is 0 Å². The van der Waals surface area contributed by atoms with Crippen molar-refractivity contribution >= 4 is 21.1 Å². The van der Waals surface area contributed by atoms with Crippen LogP contribution in [0.4, 0.5) is 0 Å². The fourth-order valence-corrected chi connectivity index (χ4v) is 2.33. The van der Waals surface area contributed by atoms with E-state index < -0.39 is 15.7 Å². The van der Waals surface area contributed by atoms with E-state index in [1.54, 1.807) is 18.2 Å². The van der Waals surface area contributed by atoms with Gasteiger partial charge >= 0.3 is 5.63 Å². The van der Waals surface area contributed by atoms with E-state index in [1.807, 2.05) is 6.92 Å². The van der Waals surface area contributed by atoms with Gasteiger partial charge in [-0.05, 0) is 19.1 Å². The Labute approximate surface area is 133 Å². The van der Waals surface area contributed by atoms with Crippen LogP contribution in [-0.4, -0.2) is 34.5 Å². The van der Waals surface area contributed by atoms with E-state index in [2.05, 4.69) is 4.18 Å². The third-order valence-corrected chi connectivity index (χ3v) is 3.42. The molecule has 0 aliphatic heterocycles. The standard InChI is InChI=1S/C15H18O7S/c1-3-19-13-9-11-5-6-15(16)22-12(11)10-14(13)20-7-4-8-21-23(2,17)18/h5-6,9-10H,3-4,7-8H2,1-2H3. The summed E-state index contributed by atoms with van der Waals surface area (Å²) >= 11 is 0. The molecule has 8 heteroatoms. The Morgan fingerprint density at radius 3 is 2.52 bits per heavy atom. The van der Waals surface area contributed by atoms with Crippen molar-refractivity contribution in [2.45, 2.75) is 13.3 Å². The number of benzene rings is 1. The lowest BCUT2D eigenvalue weighted by Crippen LogP contribution is -2.08. The maximum Gasteiger partial charge on any atom is 0.336 e. The van der Waals surface area contributed by atoms with E-state index in [-0.39, 0.29) is 13.2 Å². The second-order valence-corrected chi connectivity index (χ2v) is 6.40. The average molecular weight is 342 g/mol. The van der Waals surface area contributed by atoms with Gasteiger partial charge < -0.3 is 13.9 Å². The quantitative estimate of drug-likeness (QED) is 0.411. The van der Waals surface area contributed by atoms with Gasteiger partial charge in [0.05, 0.1) is 26.1 Å². The maximum atomic E-state index is 11.3. The SMILES string of the molecule is CCOc1cc2ccc(=O)oc2cc1OCCCOS(C)(=O)=O. The Bertz CT molecular complexity index is 823. The fourth-order valence-electron chi connectivity index (χ4n) is 1.91. The van der Waals surface area contributed by atoms with Crippen molar-refractivity contribution in [2.75, 3.05) is 26.1 Å². The lowest BCUT2D eigenvalue weighted by molar-refractivity contribution is 0.239. The van der Waals surface area contributed by atoms with Crippen molar-refractivity contribution in [3.8, 4) is 11.5 Å². The molecule has 0 saturated heterocycles. The minimum absolute atomic E-state index is 0.0332. The molecule has 126 valence electrons. The summed E-state index contributed by atoms with van der Waals surface area (Å²) < 4.78 is 42.6. The van der Waals surface area contributed by atoms with Gasteiger partial charge in [0, 0.05) is 23.9 Å². The van der Waals surface area contributed by atoms with Crippen LogP contribution < -0.4 is 15.1 Å². The van der Waals surface area contributed by atoms with Gasteiger partial charge in [-0.3, -0.25) is 4.18 Å². The summed E-state index contributed by atoms with van der Waals surface area (Å²) in [5.41, 5.74) is -0.0579. The first-order valence-electron chi connectivity index (χ1n) is 7.07. The molecule has 2 aromatic rings. The fraction of sp³-hybridized carbons (Fsp3) is 0.400. The number of ether oxygens (including phenoxy) is 2. The molecule has 1 aromatic heterocycles. The van der Waals surface area contributed by atoms with Gasteiger partial charge in [-0.25, -0.2) is 4.79 Å². The Morgan fingerprint density at radius 1 is 1.09 bits per heavy atom. The lowest BCUT2D eigenvalue weighted by Gasteiger charge is -2.12. The second kappa shape index (κ2) is 7.47. The highest BCUT2D eigenvalue weighted by atomic mass is 32.2. The molecule has 0 radical (unpaired) electrons. The van der Waals surface area contributed by atoms with Gasteiger partial charge in [-0.2, -0.15) is 8.42 Å². The van der Waals surface area contributed by atoms with Crippen LogP contribution >= 0.6 is 0 Å². The molecule has 2 rings (SSSR count). The minimum atomic E-state index is -3.45. The summed E-state index contributed by atoms with van der Waals surface area (Å²) in [7, 11) is -3.45. The Morgan fingerprint density at radius 2 is 1.83 bits per heavy atom.